The minimum Gasteiger partial charge on any atom is -0.493 e. The monoisotopic (exact) mass is 412 g/mol. The normalized spacial score (nSPS) is 17.3. The highest BCUT2D eigenvalue weighted by Gasteiger charge is 2.24. The van der Waals surface area contributed by atoms with Crippen molar-refractivity contribution in [1.29, 1.82) is 0 Å². The Morgan fingerprint density at radius 3 is 2.69 bits per heavy atom. The van der Waals surface area contributed by atoms with Crippen LogP contribution in [0.25, 0.3) is 6.08 Å². The smallest absolute Gasteiger partial charge is 0.344 e. The van der Waals surface area contributed by atoms with Crippen LogP contribution in [0, 0.1) is 6.92 Å². The number of carbonyl (C=O) groups excluding carboxylic acids is 1. The quantitative estimate of drug-likeness (QED) is 0.702. The summed E-state index contributed by atoms with van der Waals surface area (Å²) >= 11 is 1.25. The molecule has 0 saturated carbocycles. The molecule has 2 N–H and O–H groups in total. The molecular weight excluding hydrogens is 392 g/mol. The van der Waals surface area contributed by atoms with Crippen molar-refractivity contribution in [2.24, 2.45) is 4.99 Å². The lowest BCUT2D eigenvalue weighted by Crippen LogP contribution is -2.23. The van der Waals surface area contributed by atoms with Gasteiger partial charge in [0.15, 0.2) is 22.8 Å². The van der Waals surface area contributed by atoms with Crippen molar-refractivity contribution >= 4 is 40.6 Å². The first-order valence-electron chi connectivity index (χ1n) is 8.80. The maximum atomic E-state index is 12.3. The van der Waals surface area contributed by atoms with E-state index in [2.05, 4.69) is 10.3 Å². The van der Waals surface area contributed by atoms with E-state index in [9.17, 15) is 9.59 Å². The van der Waals surface area contributed by atoms with Crippen molar-refractivity contribution in [3.63, 3.8) is 0 Å². The lowest BCUT2D eigenvalue weighted by atomic mass is 10.2. The predicted molar refractivity (Wildman–Crippen MR) is 113 cm³/mol. The second-order valence-corrected chi connectivity index (χ2v) is 7.31. The number of carbonyl (C=O) groups is 2. The Hall–Kier alpha value is -3.26. The van der Waals surface area contributed by atoms with Crippen molar-refractivity contribution in [3.8, 4) is 11.5 Å². The third kappa shape index (κ3) is 4.97. The third-order valence-corrected chi connectivity index (χ3v) is 5.04. The van der Waals surface area contributed by atoms with Crippen LogP contribution < -0.4 is 14.8 Å². The lowest BCUT2D eigenvalue weighted by Gasteiger charge is -2.14. The molecule has 2 aromatic rings. The maximum absolute atomic E-state index is 12.3. The van der Waals surface area contributed by atoms with E-state index in [1.807, 2.05) is 31.2 Å². The van der Waals surface area contributed by atoms with Crippen LogP contribution in [0.3, 0.4) is 0 Å². The molecule has 0 aliphatic carbocycles. The summed E-state index contributed by atoms with van der Waals surface area (Å²) in [6.07, 6.45) is 0.706. The first-order valence-corrected chi connectivity index (χ1v) is 9.61. The molecule has 1 amide bonds. The van der Waals surface area contributed by atoms with Gasteiger partial charge >= 0.3 is 5.97 Å². The molecule has 0 radical (unpaired) electrons. The van der Waals surface area contributed by atoms with E-state index in [1.165, 1.54) is 25.8 Å². The van der Waals surface area contributed by atoms with E-state index in [0.29, 0.717) is 27.1 Å². The second kappa shape index (κ2) is 8.83. The molecule has 1 aliphatic rings. The number of aliphatic carboxylic acids is 1. The van der Waals surface area contributed by atoms with Gasteiger partial charge in [-0.2, -0.15) is 0 Å². The fourth-order valence-corrected chi connectivity index (χ4v) is 3.38. The van der Waals surface area contributed by atoms with Crippen molar-refractivity contribution in [2.75, 3.05) is 7.11 Å². The predicted octanol–water partition coefficient (Wildman–Crippen LogP) is 3.75. The molecule has 1 heterocycles. The van der Waals surface area contributed by atoms with Crippen LogP contribution in [0.15, 0.2) is 52.4 Å². The SMILES string of the molecule is COc1cc(C=C2SC(=Nc3ccccc3C)NC2=O)ccc1OC(C)C(=O)O. The highest BCUT2D eigenvalue weighted by Crippen LogP contribution is 2.33. The van der Waals surface area contributed by atoms with E-state index >= 15 is 0 Å². The Bertz CT molecular complexity index is 1020. The van der Waals surface area contributed by atoms with E-state index in [0.717, 1.165) is 11.3 Å². The highest BCUT2D eigenvalue weighted by molar-refractivity contribution is 8.18. The number of aliphatic imine (C=N–C) groups is 1. The Labute approximate surface area is 172 Å². The lowest BCUT2D eigenvalue weighted by molar-refractivity contribution is -0.144. The van der Waals surface area contributed by atoms with Crippen LogP contribution in [-0.4, -0.2) is 35.4 Å². The molecule has 1 fully saturated rings. The maximum Gasteiger partial charge on any atom is 0.344 e. The number of benzene rings is 2. The average molecular weight is 412 g/mol. The van der Waals surface area contributed by atoms with Crippen LogP contribution in [0.2, 0.25) is 0 Å². The molecule has 0 bridgehead atoms. The second-order valence-electron chi connectivity index (χ2n) is 6.28. The van der Waals surface area contributed by atoms with Crippen LogP contribution in [0.4, 0.5) is 5.69 Å². The molecule has 29 heavy (non-hydrogen) atoms. The molecule has 0 aromatic heterocycles. The molecule has 8 heteroatoms. The highest BCUT2D eigenvalue weighted by atomic mass is 32.2. The standard InChI is InChI=1S/C21H20N2O5S/c1-12-6-4-5-7-15(12)22-21-23-19(24)18(29-21)11-14-8-9-16(17(10-14)27-3)28-13(2)20(25)26/h4-11,13H,1-3H3,(H,25,26)(H,22,23,24). The van der Waals surface area contributed by atoms with E-state index in [1.54, 1.807) is 24.3 Å². The van der Waals surface area contributed by atoms with Gasteiger partial charge in [0.05, 0.1) is 17.7 Å². The number of amidine groups is 1. The molecule has 1 atom stereocenters. The zero-order valence-electron chi connectivity index (χ0n) is 16.1. The van der Waals surface area contributed by atoms with E-state index in [-0.39, 0.29) is 5.91 Å². The number of nitrogens with one attached hydrogen (secondary N) is 1. The van der Waals surface area contributed by atoms with Crippen molar-refractivity contribution in [1.82, 2.24) is 5.32 Å². The summed E-state index contributed by atoms with van der Waals surface area (Å²) in [6, 6.07) is 12.7. The van der Waals surface area contributed by atoms with E-state index in [4.69, 9.17) is 14.6 Å². The van der Waals surface area contributed by atoms with Crippen LogP contribution in [-0.2, 0) is 9.59 Å². The topological polar surface area (TPSA) is 97.2 Å². The summed E-state index contributed by atoms with van der Waals surface area (Å²) in [7, 11) is 1.47. The molecule has 3 rings (SSSR count). The van der Waals surface area contributed by atoms with Gasteiger partial charge in [-0.3, -0.25) is 4.79 Å². The molecule has 1 saturated heterocycles. The number of rotatable bonds is 6. The van der Waals surface area contributed by atoms with Crippen LogP contribution in [0.1, 0.15) is 18.1 Å². The van der Waals surface area contributed by atoms with Crippen molar-refractivity contribution in [2.45, 2.75) is 20.0 Å². The van der Waals surface area contributed by atoms with Crippen molar-refractivity contribution < 1.29 is 24.2 Å². The minimum atomic E-state index is -1.07. The van der Waals surface area contributed by atoms with Gasteiger partial charge in [-0.25, -0.2) is 9.79 Å². The molecule has 2 aromatic carbocycles. The molecule has 1 aliphatic heterocycles. The zero-order chi connectivity index (χ0) is 21.0. The third-order valence-electron chi connectivity index (χ3n) is 4.13. The summed E-state index contributed by atoms with van der Waals surface area (Å²) in [4.78, 5) is 28.3. The van der Waals surface area contributed by atoms with Crippen LogP contribution in [0.5, 0.6) is 11.5 Å². The summed E-state index contributed by atoms with van der Waals surface area (Å²) in [5.41, 5.74) is 2.53. The number of thioether (sulfide) groups is 1. The van der Waals surface area contributed by atoms with Gasteiger partial charge in [-0.1, -0.05) is 24.3 Å². The molecular formula is C21H20N2O5S. The van der Waals surface area contributed by atoms with Crippen LogP contribution >= 0.6 is 11.8 Å². The number of hydrogen-bond donors (Lipinski definition) is 2. The summed E-state index contributed by atoms with van der Waals surface area (Å²) in [5, 5.41) is 12.3. The Kier molecular flexibility index (Phi) is 6.23. The van der Waals surface area contributed by atoms with Crippen molar-refractivity contribution in [3.05, 3.63) is 58.5 Å². The number of hydrogen-bond acceptors (Lipinski definition) is 6. The van der Waals surface area contributed by atoms with Gasteiger partial charge in [0, 0.05) is 0 Å². The Balaban J connectivity index is 1.82. The molecule has 150 valence electrons. The number of carboxylic acids is 1. The van der Waals surface area contributed by atoms with Gasteiger partial charge < -0.3 is 19.9 Å². The minimum absolute atomic E-state index is 0.235. The van der Waals surface area contributed by atoms with Gasteiger partial charge in [-0.15, -0.1) is 0 Å². The van der Waals surface area contributed by atoms with E-state index < -0.39 is 12.1 Å². The van der Waals surface area contributed by atoms with Gasteiger partial charge in [-0.05, 0) is 61.0 Å². The molecule has 0 spiro atoms. The number of nitrogens with zero attached hydrogens (tertiary/aromatic N) is 1. The number of ether oxygens (including phenoxy) is 2. The number of carboxylic acid groups (broad SMARTS) is 1. The number of amides is 1. The summed E-state index contributed by atoms with van der Waals surface area (Å²) in [6.45, 7) is 3.39. The number of aryl methyl sites for hydroxylation is 1. The fourth-order valence-electron chi connectivity index (χ4n) is 2.54. The van der Waals surface area contributed by atoms with Gasteiger partial charge in [0.2, 0.25) is 0 Å². The molecule has 1 unspecified atom stereocenters. The zero-order valence-corrected chi connectivity index (χ0v) is 16.9. The average Bonchev–Trinajstić information content (AvgIpc) is 3.03. The number of para-hydroxylation sites is 1. The summed E-state index contributed by atoms with van der Waals surface area (Å²) in [5.74, 6) is -0.613. The fraction of sp³-hybridized carbons (Fsp3) is 0.190. The van der Waals surface area contributed by atoms with Gasteiger partial charge in [0.25, 0.3) is 5.91 Å². The largest absolute Gasteiger partial charge is 0.493 e. The van der Waals surface area contributed by atoms with Gasteiger partial charge in [0.1, 0.15) is 0 Å². The first kappa shape index (κ1) is 20.5. The molecule has 7 nitrogen and oxygen atoms in total. The Morgan fingerprint density at radius 1 is 1.24 bits per heavy atom. The Morgan fingerprint density at radius 2 is 2.00 bits per heavy atom. The summed E-state index contributed by atoms with van der Waals surface area (Å²) < 4.78 is 10.7. The first-order chi connectivity index (χ1) is 13.9. The number of methoxy groups -OCH3 is 1.